The summed E-state index contributed by atoms with van der Waals surface area (Å²) in [6, 6.07) is 14.7. The Morgan fingerprint density at radius 1 is 1.17 bits per heavy atom. The molecule has 0 aliphatic carbocycles. The molecule has 3 aromatic rings. The Kier molecular flexibility index (Phi) is 2.61. The van der Waals surface area contributed by atoms with Gasteiger partial charge in [0.1, 0.15) is 5.82 Å². The molecule has 0 bridgehead atoms. The topological polar surface area (TPSA) is 43.3 Å². The van der Waals surface area contributed by atoms with E-state index in [0.29, 0.717) is 6.54 Å². The Balaban J connectivity index is 2.31. The van der Waals surface area contributed by atoms with Crippen molar-refractivity contribution in [3.63, 3.8) is 0 Å². The van der Waals surface area contributed by atoms with Crippen LogP contribution in [0.25, 0.3) is 16.8 Å². The first kappa shape index (κ1) is 11.0. The molecule has 0 aliphatic heterocycles. The van der Waals surface area contributed by atoms with E-state index in [1.54, 1.807) is 0 Å². The molecule has 0 unspecified atom stereocenters. The minimum atomic E-state index is 0.441. The fraction of sp³-hybridized carbons (Fsp3) is 0.133. The van der Waals surface area contributed by atoms with Crippen LogP contribution in [0.3, 0.4) is 0 Å². The second kappa shape index (κ2) is 4.27. The second-order valence-corrected chi connectivity index (χ2v) is 4.42. The van der Waals surface area contributed by atoms with Crippen LogP contribution in [-0.4, -0.2) is 9.38 Å². The van der Waals surface area contributed by atoms with Gasteiger partial charge in [-0.1, -0.05) is 29.8 Å². The van der Waals surface area contributed by atoms with Gasteiger partial charge in [-0.2, -0.15) is 0 Å². The van der Waals surface area contributed by atoms with Gasteiger partial charge in [-0.3, -0.25) is 4.40 Å². The summed E-state index contributed by atoms with van der Waals surface area (Å²) in [4.78, 5) is 4.36. The second-order valence-electron chi connectivity index (χ2n) is 4.42. The van der Waals surface area contributed by atoms with Crippen molar-refractivity contribution in [2.75, 3.05) is 0 Å². The van der Waals surface area contributed by atoms with E-state index in [-0.39, 0.29) is 0 Å². The maximum Gasteiger partial charge on any atom is 0.127 e. The summed E-state index contributed by atoms with van der Waals surface area (Å²) < 4.78 is 2.12. The lowest BCUT2D eigenvalue weighted by molar-refractivity contribution is 0.907. The first-order valence-electron chi connectivity index (χ1n) is 6.02. The summed E-state index contributed by atoms with van der Waals surface area (Å²) >= 11 is 0. The lowest BCUT2D eigenvalue weighted by atomic mass is 10.1. The van der Waals surface area contributed by atoms with Gasteiger partial charge in [0.25, 0.3) is 0 Å². The molecule has 0 saturated carbocycles. The Labute approximate surface area is 106 Å². The van der Waals surface area contributed by atoms with Gasteiger partial charge in [-0.05, 0) is 30.7 Å². The number of aromatic nitrogens is 2. The molecule has 2 heterocycles. The van der Waals surface area contributed by atoms with E-state index in [0.717, 1.165) is 17.0 Å². The predicted molar refractivity (Wildman–Crippen MR) is 73.3 cm³/mol. The van der Waals surface area contributed by atoms with E-state index >= 15 is 0 Å². The number of imidazole rings is 1. The van der Waals surface area contributed by atoms with Crippen LogP contribution in [0.1, 0.15) is 11.4 Å². The SMILES string of the molecule is Cc1cccc(-c2cccc3cnc(CN)n23)c1. The van der Waals surface area contributed by atoms with E-state index < -0.39 is 0 Å². The average Bonchev–Trinajstić information content (AvgIpc) is 2.81. The minimum Gasteiger partial charge on any atom is -0.324 e. The minimum absolute atomic E-state index is 0.441. The molecule has 0 amide bonds. The van der Waals surface area contributed by atoms with Crippen molar-refractivity contribution in [3.05, 3.63) is 60.0 Å². The molecule has 0 radical (unpaired) electrons. The van der Waals surface area contributed by atoms with Crippen molar-refractivity contribution in [2.24, 2.45) is 5.73 Å². The van der Waals surface area contributed by atoms with E-state index in [9.17, 15) is 0 Å². The van der Waals surface area contributed by atoms with Crippen molar-refractivity contribution in [2.45, 2.75) is 13.5 Å². The first-order valence-corrected chi connectivity index (χ1v) is 6.02. The quantitative estimate of drug-likeness (QED) is 0.744. The summed E-state index contributed by atoms with van der Waals surface area (Å²) in [5, 5.41) is 0. The number of nitrogens with two attached hydrogens (primary N) is 1. The zero-order chi connectivity index (χ0) is 12.5. The van der Waals surface area contributed by atoms with Crippen LogP contribution in [-0.2, 0) is 6.54 Å². The van der Waals surface area contributed by atoms with Gasteiger partial charge in [0.2, 0.25) is 0 Å². The summed E-state index contributed by atoms with van der Waals surface area (Å²) in [6.45, 7) is 2.54. The van der Waals surface area contributed by atoms with Crippen molar-refractivity contribution in [1.29, 1.82) is 0 Å². The van der Waals surface area contributed by atoms with Crippen LogP contribution in [0.4, 0.5) is 0 Å². The van der Waals surface area contributed by atoms with Crippen LogP contribution in [0.2, 0.25) is 0 Å². The molecule has 1 aromatic carbocycles. The number of benzene rings is 1. The fourth-order valence-electron chi connectivity index (χ4n) is 2.29. The van der Waals surface area contributed by atoms with Crippen molar-refractivity contribution >= 4 is 5.52 Å². The Morgan fingerprint density at radius 2 is 2.00 bits per heavy atom. The van der Waals surface area contributed by atoms with Gasteiger partial charge < -0.3 is 5.73 Å². The number of aryl methyl sites for hydroxylation is 1. The number of rotatable bonds is 2. The molecule has 0 fully saturated rings. The van der Waals surface area contributed by atoms with Gasteiger partial charge in [0.15, 0.2) is 0 Å². The van der Waals surface area contributed by atoms with E-state index in [1.807, 2.05) is 12.3 Å². The summed E-state index contributed by atoms with van der Waals surface area (Å²) in [6.07, 6.45) is 1.86. The van der Waals surface area contributed by atoms with Gasteiger partial charge in [0.05, 0.1) is 24.0 Å². The number of hydrogen-bond acceptors (Lipinski definition) is 2. The molecule has 3 heteroatoms. The highest BCUT2D eigenvalue weighted by atomic mass is 15.0. The van der Waals surface area contributed by atoms with Gasteiger partial charge in [0, 0.05) is 0 Å². The molecular formula is C15H15N3. The standard InChI is InChI=1S/C15H15N3/c1-11-4-2-5-12(8-11)14-7-3-6-13-10-17-15(9-16)18(13)14/h2-8,10H,9,16H2,1H3. The van der Waals surface area contributed by atoms with Crippen LogP contribution in [0.5, 0.6) is 0 Å². The fourth-order valence-corrected chi connectivity index (χ4v) is 2.29. The molecule has 2 aromatic heterocycles. The van der Waals surface area contributed by atoms with Crippen molar-refractivity contribution < 1.29 is 0 Å². The van der Waals surface area contributed by atoms with Crippen LogP contribution in [0.15, 0.2) is 48.7 Å². The van der Waals surface area contributed by atoms with Gasteiger partial charge in [-0.25, -0.2) is 4.98 Å². The molecule has 0 spiro atoms. The third-order valence-corrected chi connectivity index (χ3v) is 3.12. The smallest absolute Gasteiger partial charge is 0.127 e. The monoisotopic (exact) mass is 237 g/mol. The van der Waals surface area contributed by atoms with Crippen molar-refractivity contribution in [3.8, 4) is 11.3 Å². The van der Waals surface area contributed by atoms with Crippen LogP contribution in [0, 0.1) is 6.92 Å². The van der Waals surface area contributed by atoms with E-state index in [4.69, 9.17) is 5.73 Å². The Hall–Kier alpha value is -2.13. The van der Waals surface area contributed by atoms with Gasteiger partial charge >= 0.3 is 0 Å². The average molecular weight is 237 g/mol. The van der Waals surface area contributed by atoms with Crippen LogP contribution >= 0.6 is 0 Å². The molecule has 90 valence electrons. The molecule has 0 atom stereocenters. The molecular weight excluding hydrogens is 222 g/mol. The highest BCUT2D eigenvalue weighted by Crippen LogP contribution is 2.23. The lowest BCUT2D eigenvalue weighted by Gasteiger charge is -2.09. The van der Waals surface area contributed by atoms with Gasteiger partial charge in [-0.15, -0.1) is 0 Å². The highest BCUT2D eigenvalue weighted by Gasteiger charge is 2.07. The van der Waals surface area contributed by atoms with E-state index in [2.05, 4.69) is 52.7 Å². The highest BCUT2D eigenvalue weighted by molar-refractivity contribution is 5.65. The normalized spacial score (nSPS) is 11.0. The number of pyridine rings is 1. The Bertz CT molecular complexity index is 698. The third kappa shape index (κ3) is 1.69. The zero-order valence-corrected chi connectivity index (χ0v) is 10.3. The molecule has 18 heavy (non-hydrogen) atoms. The maximum atomic E-state index is 5.75. The first-order chi connectivity index (χ1) is 8.79. The van der Waals surface area contributed by atoms with Crippen LogP contribution < -0.4 is 5.73 Å². The zero-order valence-electron chi connectivity index (χ0n) is 10.3. The number of hydrogen-bond donors (Lipinski definition) is 1. The summed E-state index contributed by atoms with van der Waals surface area (Å²) in [7, 11) is 0. The Morgan fingerprint density at radius 3 is 2.78 bits per heavy atom. The molecule has 0 aliphatic rings. The van der Waals surface area contributed by atoms with Crippen molar-refractivity contribution in [1.82, 2.24) is 9.38 Å². The summed E-state index contributed by atoms with van der Waals surface area (Å²) in [5.74, 6) is 0.891. The molecule has 3 rings (SSSR count). The molecule has 3 nitrogen and oxygen atoms in total. The number of nitrogens with zero attached hydrogens (tertiary/aromatic N) is 2. The third-order valence-electron chi connectivity index (χ3n) is 3.12. The lowest BCUT2D eigenvalue weighted by Crippen LogP contribution is -2.04. The largest absolute Gasteiger partial charge is 0.324 e. The van der Waals surface area contributed by atoms with E-state index in [1.165, 1.54) is 11.1 Å². The molecule has 0 saturated heterocycles. The molecule has 2 N–H and O–H groups in total. The predicted octanol–water partition coefficient (Wildman–Crippen LogP) is 2.77. The summed E-state index contributed by atoms with van der Waals surface area (Å²) in [5.41, 5.74) is 10.4. The number of fused-ring (bicyclic) bond motifs is 1. The maximum absolute atomic E-state index is 5.75.